The van der Waals surface area contributed by atoms with Crippen LogP contribution in [0, 0.1) is 0 Å². The summed E-state index contributed by atoms with van der Waals surface area (Å²) in [6.45, 7) is 1.60. The summed E-state index contributed by atoms with van der Waals surface area (Å²) in [4.78, 5) is 23.4. The predicted octanol–water partition coefficient (Wildman–Crippen LogP) is 3.61. The highest BCUT2D eigenvalue weighted by Gasteiger charge is 2.52. The van der Waals surface area contributed by atoms with Crippen molar-refractivity contribution in [2.24, 2.45) is 0 Å². The standard InChI is InChI=1S/C22H20Cl2N8O2/c1-11(33)16-10-27-32(29-16)20-15(23)5-12(8-26-20)28-21(34)13-7-22(3-2-4-22)19-14(13)9-25-18-6-17(24)30-31(18)19/h5-6,8-11,13,33H,2-4,7H2,1H3,(H,28,34)/t11-,13+/m1/s1. The Labute approximate surface area is 203 Å². The third-order valence-corrected chi connectivity index (χ3v) is 7.26. The van der Waals surface area contributed by atoms with Gasteiger partial charge in [0.1, 0.15) is 5.69 Å². The molecule has 4 aromatic heterocycles. The lowest BCUT2D eigenvalue weighted by atomic mass is 9.66. The highest BCUT2D eigenvalue weighted by molar-refractivity contribution is 6.32. The molecule has 0 radical (unpaired) electrons. The monoisotopic (exact) mass is 498 g/mol. The van der Waals surface area contributed by atoms with Crippen LogP contribution in [-0.4, -0.2) is 45.6 Å². The molecule has 4 aromatic rings. The Morgan fingerprint density at radius 3 is 2.71 bits per heavy atom. The Morgan fingerprint density at radius 2 is 2.03 bits per heavy atom. The van der Waals surface area contributed by atoms with E-state index < -0.39 is 6.10 Å². The van der Waals surface area contributed by atoms with Crippen LogP contribution >= 0.6 is 23.2 Å². The topological polar surface area (TPSA) is 123 Å². The van der Waals surface area contributed by atoms with Crippen molar-refractivity contribution in [2.45, 2.75) is 50.0 Å². The molecule has 2 N–H and O–H groups in total. The summed E-state index contributed by atoms with van der Waals surface area (Å²) in [6, 6.07) is 3.34. The summed E-state index contributed by atoms with van der Waals surface area (Å²) < 4.78 is 1.80. The van der Waals surface area contributed by atoms with Gasteiger partial charge in [0.05, 0.1) is 40.8 Å². The second kappa shape index (κ2) is 7.72. The first kappa shape index (κ1) is 21.5. The van der Waals surface area contributed by atoms with Gasteiger partial charge >= 0.3 is 0 Å². The molecular formula is C22H20Cl2N8O2. The molecule has 34 heavy (non-hydrogen) atoms. The van der Waals surface area contributed by atoms with Crippen molar-refractivity contribution in [3.8, 4) is 5.82 Å². The number of carbonyl (C=O) groups is 1. The Bertz CT molecular complexity index is 1440. The average molecular weight is 499 g/mol. The fourth-order valence-corrected chi connectivity index (χ4v) is 5.44. The van der Waals surface area contributed by atoms with Gasteiger partial charge in [-0.05, 0) is 32.3 Å². The highest BCUT2D eigenvalue weighted by Crippen LogP contribution is 2.56. The van der Waals surface area contributed by atoms with E-state index in [1.807, 2.05) is 0 Å². The van der Waals surface area contributed by atoms with E-state index in [1.165, 1.54) is 17.2 Å². The van der Waals surface area contributed by atoms with Crippen LogP contribution in [0.1, 0.15) is 61.6 Å². The Morgan fingerprint density at radius 1 is 1.21 bits per heavy atom. The molecule has 1 spiro atoms. The summed E-state index contributed by atoms with van der Waals surface area (Å²) in [5.41, 5.74) is 3.40. The Balaban J connectivity index is 1.28. The number of rotatable bonds is 4. The molecule has 12 heteroatoms. The fraction of sp³-hybridized carbons (Fsp3) is 0.364. The molecule has 0 unspecified atom stereocenters. The molecule has 10 nitrogen and oxygen atoms in total. The number of nitrogens with zero attached hydrogens (tertiary/aromatic N) is 7. The number of aliphatic hydroxyl groups excluding tert-OH is 1. The van der Waals surface area contributed by atoms with Crippen LogP contribution < -0.4 is 5.32 Å². The fourth-order valence-electron chi connectivity index (χ4n) is 5.02. The molecule has 0 bridgehead atoms. The summed E-state index contributed by atoms with van der Waals surface area (Å²) >= 11 is 12.6. The molecule has 0 aliphatic heterocycles. The highest BCUT2D eigenvalue weighted by atomic mass is 35.5. The number of pyridine rings is 1. The largest absolute Gasteiger partial charge is 0.387 e. The number of anilines is 1. The van der Waals surface area contributed by atoms with E-state index in [4.69, 9.17) is 23.2 Å². The normalized spacial score (nSPS) is 19.2. The molecule has 4 heterocycles. The molecule has 2 aliphatic rings. The summed E-state index contributed by atoms with van der Waals surface area (Å²) in [6.07, 6.45) is 7.81. The molecule has 0 saturated heterocycles. The number of amides is 1. The van der Waals surface area contributed by atoms with Gasteiger partial charge in [-0.2, -0.15) is 10.2 Å². The van der Waals surface area contributed by atoms with Crippen LogP contribution in [0.3, 0.4) is 0 Å². The first-order valence-corrected chi connectivity index (χ1v) is 11.7. The number of aromatic nitrogens is 7. The predicted molar refractivity (Wildman–Crippen MR) is 124 cm³/mol. The zero-order valence-electron chi connectivity index (χ0n) is 18.1. The number of nitrogens with one attached hydrogen (secondary N) is 1. The minimum absolute atomic E-state index is 0.0824. The van der Waals surface area contributed by atoms with E-state index in [0.29, 0.717) is 34.4 Å². The van der Waals surface area contributed by atoms with Crippen LogP contribution in [0.2, 0.25) is 10.2 Å². The maximum Gasteiger partial charge on any atom is 0.232 e. The average Bonchev–Trinajstić information content (AvgIpc) is 3.47. The van der Waals surface area contributed by atoms with Crippen LogP contribution in [0.25, 0.3) is 11.5 Å². The first-order valence-electron chi connectivity index (χ1n) is 11.0. The van der Waals surface area contributed by atoms with Gasteiger partial charge in [0.15, 0.2) is 16.6 Å². The summed E-state index contributed by atoms with van der Waals surface area (Å²) in [5.74, 6) is -0.216. The third kappa shape index (κ3) is 3.28. The minimum atomic E-state index is -0.757. The number of hydrogen-bond donors (Lipinski definition) is 2. The van der Waals surface area contributed by atoms with Crippen molar-refractivity contribution < 1.29 is 9.90 Å². The number of hydrogen-bond acceptors (Lipinski definition) is 7. The van der Waals surface area contributed by atoms with E-state index in [-0.39, 0.29) is 22.3 Å². The van der Waals surface area contributed by atoms with Crippen molar-refractivity contribution in [3.05, 3.63) is 57.9 Å². The van der Waals surface area contributed by atoms with Gasteiger partial charge in [-0.25, -0.2) is 14.5 Å². The minimum Gasteiger partial charge on any atom is -0.387 e. The molecule has 1 fully saturated rings. The van der Waals surface area contributed by atoms with E-state index >= 15 is 0 Å². The van der Waals surface area contributed by atoms with Crippen LogP contribution in [0.4, 0.5) is 5.69 Å². The Hall–Kier alpha value is -3.08. The van der Waals surface area contributed by atoms with Gasteiger partial charge in [0, 0.05) is 23.2 Å². The summed E-state index contributed by atoms with van der Waals surface area (Å²) in [5, 5.41) is 26.0. The lowest BCUT2D eigenvalue weighted by molar-refractivity contribution is -0.117. The number of fused-ring (bicyclic) bond motifs is 4. The van der Waals surface area contributed by atoms with Crippen molar-refractivity contribution in [2.75, 3.05) is 5.32 Å². The Kier molecular flexibility index (Phi) is 4.87. The molecule has 2 atom stereocenters. The van der Waals surface area contributed by atoms with Crippen LogP contribution in [0.5, 0.6) is 0 Å². The third-order valence-electron chi connectivity index (χ3n) is 6.80. The second-order valence-corrected chi connectivity index (χ2v) is 9.74. The van der Waals surface area contributed by atoms with Crippen LogP contribution in [0.15, 0.2) is 30.7 Å². The van der Waals surface area contributed by atoms with Gasteiger partial charge in [0.25, 0.3) is 0 Å². The van der Waals surface area contributed by atoms with E-state index in [1.54, 1.807) is 29.8 Å². The smallest absolute Gasteiger partial charge is 0.232 e. The van der Waals surface area contributed by atoms with Crippen molar-refractivity contribution in [1.29, 1.82) is 0 Å². The lowest BCUT2D eigenvalue weighted by Gasteiger charge is -2.39. The summed E-state index contributed by atoms with van der Waals surface area (Å²) in [7, 11) is 0. The van der Waals surface area contributed by atoms with Crippen LogP contribution in [-0.2, 0) is 10.2 Å². The van der Waals surface area contributed by atoms with E-state index in [9.17, 15) is 9.90 Å². The maximum absolute atomic E-state index is 13.4. The maximum atomic E-state index is 13.4. The van der Waals surface area contributed by atoms with Crippen molar-refractivity contribution >= 4 is 40.4 Å². The molecular weight excluding hydrogens is 479 g/mol. The number of aliphatic hydroxyl groups is 1. The zero-order chi connectivity index (χ0) is 23.6. The molecule has 1 saturated carbocycles. The van der Waals surface area contributed by atoms with Gasteiger partial charge in [0.2, 0.25) is 5.91 Å². The number of halogens is 2. The molecule has 6 rings (SSSR count). The second-order valence-electron chi connectivity index (χ2n) is 8.94. The van der Waals surface area contributed by atoms with Gasteiger partial charge in [-0.1, -0.05) is 29.6 Å². The molecule has 1 amide bonds. The van der Waals surface area contributed by atoms with Gasteiger partial charge in [-0.3, -0.25) is 4.79 Å². The molecule has 0 aromatic carbocycles. The van der Waals surface area contributed by atoms with Crippen molar-refractivity contribution in [1.82, 2.24) is 34.6 Å². The van der Waals surface area contributed by atoms with Gasteiger partial charge < -0.3 is 10.4 Å². The van der Waals surface area contributed by atoms with Crippen molar-refractivity contribution in [3.63, 3.8) is 0 Å². The first-order chi connectivity index (χ1) is 16.3. The SMILES string of the molecule is C[C@@H](O)c1cnn(-c2ncc(NC(=O)[C@H]3CC4(CCC4)c4c3cnc3cc(Cl)nn43)cc2Cl)n1. The molecule has 2 aliphatic carbocycles. The van der Waals surface area contributed by atoms with Gasteiger partial charge in [-0.15, -0.1) is 9.90 Å². The zero-order valence-corrected chi connectivity index (χ0v) is 19.6. The van der Waals surface area contributed by atoms with E-state index in [0.717, 1.165) is 30.5 Å². The molecule has 174 valence electrons. The van der Waals surface area contributed by atoms with E-state index in [2.05, 4.69) is 30.6 Å². The number of carbonyl (C=O) groups excluding carboxylic acids is 1. The lowest BCUT2D eigenvalue weighted by Crippen LogP contribution is -2.34. The quantitative estimate of drug-likeness (QED) is 0.440.